The van der Waals surface area contributed by atoms with Gasteiger partial charge in [0.15, 0.2) is 0 Å². The molecule has 1 aliphatic rings. The van der Waals surface area contributed by atoms with E-state index in [2.05, 4.69) is 20.4 Å². The third kappa shape index (κ3) is 4.02. The van der Waals surface area contributed by atoms with Crippen LogP contribution in [0.1, 0.15) is 30.0 Å². The molecule has 138 valence electrons. The number of carbonyl (C=O) groups excluding carboxylic acids is 1. The summed E-state index contributed by atoms with van der Waals surface area (Å²) in [6.45, 7) is 1.00. The minimum absolute atomic E-state index is 0.0338. The molecule has 1 N–H and O–H groups in total. The number of hydrogen-bond acceptors (Lipinski definition) is 4. The molecule has 0 bridgehead atoms. The van der Waals surface area contributed by atoms with Gasteiger partial charge in [-0.3, -0.25) is 19.4 Å². The summed E-state index contributed by atoms with van der Waals surface area (Å²) in [7, 11) is 0. The third-order valence-corrected chi connectivity index (χ3v) is 4.64. The second-order valence-electron chi connectivity index (χ2n) is 6.65. The molecule has 1 saturated carbocycles. The molecule has 0 unspecified atom stereocenters. The Hall–Kier alpha value is -3.09. The molecule has 1 aliphatic carbocycles. The molecule has 7 heteroatoms. The first kappa shape index (κ1) is 17.3. The van der Waals surface area contributed by atoms with Gasteiger partial charge >= 0.3 is 0 Å². The minimum Gasteiger partial charge on any atom is -0.354 e. The molecule has 0 spiro atoms. The van der Waals surface area contributed by atoms with Crippen molar-refractivity contribution in [1.82, 2.24) is 25.1 Å². The molecule has 2 aromatic heterocycles. The number of nitrogens with one attached hydrogen (secondary N) is 1. The molecule has 4 rings (SSSR count). The Bertz CT molecular complexity index is 937. The van der Waals surface area contributed by atoms with Crippen LogP contribution in [0.4, 0.5) is 4.39 Å². The van der Waals surface area contributed by atoms with Gasteiger partial charge in [0, 0.05) is 30.4 Å². The van der Waals surface area contributed by atoms with E-state index >= 15 is 0 Å². The lowest BCUT2D eigenvalue weighted by atomic mass is 10.1. The molecule has 1 aromatic carbocycles. The molecule has 27 heavy (non-hydrogen) atoms. The molecular weight excluding hydrogens is 345 g/mol. The highest BCUT2D eigenvalue weighted by atomic mass is 19.1. The maximum atomic E-state index is 13.6. The van der Waals surface area contributed by atoms with Gasteiger partial charge in [-0.1, -0.05) is 18.2 Å². The minimum atomic E-state index is -0.357. The summed E-state index contributed by atoms with van der Waals surface area (Å²) in [5, 5.41) is 7.33. The highest BCUT2D eigenvalue weighted by Crippen LogP contribution is 2.43. The molecule has 0 saturated heterocycles. The summed E-state index contributed by atoms with van der Waals surface area (Å²) >= 11 is 0. The molecule has 1 amide bonds. The Morgan fingerprint density at radius 1 is 1.22 bits per heavy atom. The Morgan fingerprint density at radius 3 is 2.81 bits per heavy atom. The maximum Gasteiger partial charge on any atom is 0.224 e. The van der Waals surface area contributed by atoms with Gasteiger partial charge in [-0.2, -0.15) is 5.10 Å². The number of amides is 1. The number of carbonyl (C=O) groups is 1. The summed E-state index contributed by atoms with van der Waals surface area (Å²) in [5.74, 6) is -0.0719. The summed E-state index contributed by atoms with van der Waals surface area (Å²) in [6, 6.07) is 6.33. The molecule has 3 aromatic rings. The highest BCUT2D eigenvalue weighted by Gasteiger charge is 2.31. The molecule has 6 nitrogen and oxygen atoms in total. The number of nitrogens with zero attached hydrogens (tertiary/aromatic N) is 4. The lowest BCUT2D eigenvalue weighted by molar-refractivity contribution is -0.120. The topological polar surface area (TPSA) is 72.7 Å². The van der Waals surface area contributed by atoms with Crippen LogP contribution < -0.4 is 5.32 Å². The van der Waals surface area contributed by atoms with Gasteiger partial charge < -0.3 is 5.32 Å². The lowest BCUT2D eigenvalue weighted by Crippen LogP contribution is -2.29. The van der Waals surface area contributed by atoms with Crippen LogP contribution in [0, 0.1) is 5.82 Å². The normalized spacial score (nSPS) is 13.5. The largest absolute Gasteiger partial charge is 0.354 e. The van der Waals surface area contributed by atoms with Crippen LogP contribution in [0.25, 0.3) is 11.3 Å². The third-order valence-electron chi connectivity index (χ3n) is 4.64. The van der Waals surface area contributed by atoms with Crippen molar-refractivity contribution in [2.24, 2.45) is 0 Å². The zero-order valence-electron chi connectivity index (χ0n) is 14.8. The average Bonchev–Trinajstić information content (AvgIpc) is 3.44. The fraction of sp³-hybridized carbons (Fsp3) is 0.300. The van der Waals surface area contributed by atoms with Crippen molar-refractivity contribution in [2.75, 3.05) is 6.54 Å². The van der Waals surface area contributed by atoms with E-state index in [-0.39, 0.29) is 18.1 Å². The SMILES string of the molecule is O=C(Cc1ccccc1F)NCCn1ncc(-c2cnccn2)c1C1CC1. The van der Waals surface area contributed by atoms with Crippen LogP contribution in [-0.2, 0) is 17.8 Å². The zero-order valence-corrected chi connectivity index (χ0v) is 14.8. The van der Waals surface area contributed by atoms with E-state index in [1.165, 1.54) is 6.07 Å². The monoisotopic (exact) mass is 365 g/mol. The van der Waals surface area contributed by atoms with Crippen molar-refractivity contribution < 1.29 is 9.18 Å². The fourth-order valence-electron chi connectivity index (χ4n) is 3.17. The quantitative estimate of drug-likeness (QED) is 0.699. The first-order chi connectivity index (χ1) is 13.2. The van der Waals surface area contributed by atoms with Gasteiger partial charge in [0.1, 0.15) is 5.82 Å². The number of benzene rings is 1. The summed E-state index contributed by atoms with van der Waals surface area (Å²) in [6.07, 6.45) is 9.19. The van der Waals surface area contributed by atoms with Crippen LogP contribution in [0.5, 0.6) is 0 Å². The van der Waals surface area contributed by atoms with Gasteiger partial charge in [-0.05, 0) is 24.5 Å². The van der Waals surface area contributed by atoms with E-state index in [1.807, 2.05) is 10.9 Å². The Morgan fingerprint density at radius 2 is 2.07 bits per heavy atom. The standard InChI is InChI=1S/C20H20FN5O/c21-17-4-2-1-3-15(17)11-19(27)24-9-10-26-20(14-5-6-14)16(12-25-26)18-13-22-7-8-23-18/h1-4,7-8,12-14H,5-6,9-11H2,(H,24,27). The smallest absolute Gasteiger partial charge is 0.224 e. The fourth-order valence-corrected chi connectivity index (χ4v) is 3.17. The molecular formula is C20H20FN5O. The maximum absolute atomic E-state index is 13.6. The van der Waals surface area contributed by atoms with Gasteiger partial charge in [0.05, 0.1) is 36.7 Å². The average molecular weight is 365 g/mol. The van der Waals surface area contributed by atoms with Crippen LogP contribution in [-0.4, -0.2) is 32.2 Å². The van der Waals surface area contributed by atoms with Crippen molar-refractivity contribution in [2.45, 2.75) is 31.7 Å². The van der Waals surface area contributed by atoms with Gasteiger partial charge in [0.2, 0.25) is 5.91 Å². The number of hydrogen-bond donors (Lipinski definition) is 1. The van der Waals surface area contributed by atoms with E-state index in [9.17, 15) is 9.18 Å². The van der Waals surface area contributed by atoms with Crippen molar-refractivity contribution in [3.63, 3.8) is 0 Å². The zero-order chi connectivity index (χ0) is 18.6. The van der Waals surface area contributed by atoms with E-state index in [1.54, 1.807) is 36.8 Å². The number of rotatable bonds is 7. The first-order valence-electron chi connectivity index (χ1n) is 9.04. The van der Waals surface area contributed by atoms with E-state index < -0.39 is 0 Å². The first-order valence-corrected chi connectivity index (χ1v) is 9.04. The summed E-state index contributed by atoms with van der Waals surface area (Å²) in [5.41, 5.74) is 3.37. The van der Waals surface area contributed by atoms with E-state index in [0.717, 1.165) is 29.8 Å². The lowest BCUT2D eigenvalue weighted by Gasteiger charge is -2.10. The second kappa shape index (κ2) is 7.65. The molecule has 0 radical (unpaired) electrons. The van der Waals surface area contributed by atoms with Crippen molar-refractivity contribution >= 4 is 5.91 Å². The Kier molecular flexibility index (Phi) is 4.91. The van der Waals surface area contributed by atoms with Crippen LogP contribution in [0.15, 0.2) is 49.1 Å². The Labute approximate surface area is 156 Å². The highest BCUT2D eigenvalue weighted by molar-refractivity contribution is 5.78. The molecule has 2 heterocycles. The molecule has 0 aliphatic heterocycles. The second-order valence-corrected chi connectivity index (χ2v) is 6.65. The van der Waals surface area contributed by atoms with E-state index in [0.29, 0.717) is 24.6 Å². The van der Waals surface area contributed by atoms with Gasteiger partial charge in [0.25, 0.3) is 0 Å². The Balaban J connectivity index is 1.40. The van der Waals surface area contributed by atoms with Gasteiger partial charge in [-0.25, -0.2) is 4.39 Å². The van der Waals surface area contributed by atoms with Crippen molar-refractivity contribution in [3.05, 3.63) is 66.1 Å². The molecule has 0 atom stereocenters. The van der Waals surface area contributed by atoms with Crippen molar-refractivity contribution in [1.29, 1.82) is 0 Å². The van der Waals surface area contributed by atoms with Crippen LogP contribution in [0.2, 0.25) is 0 Å². The predicted octanol–water partition coefficient (Wildman–Crippen LogP) is 2.72. The predicted molar refractivity (Wildman–Crippen MR) is 98.3 cm³/mol. The molecule has 1 fully saturated rings. The van der Waals surface area contributed by atoms with Crippen molar-refractivity contribution in [3.8, 4) is 11.3 Å². The number of aromatic nitrogens is 4. The van der Waals surface area contributed by atoms with Crippen LogP contribution >= 0.6 is 0 Å². The van der Waals surface area contributed by atoms with Crippen LogP contribution in [0.3, 0.4) is 0 Å². The summed E-state index contributed by atoms with van der Waals surface area (Å²) in [4.78, 5) is 20.6. The number of halogens is 1. The van der Waals surface area contributed by atoms with E-state index in [4.69, 9.17) is 0 Å². The summed E-state index contributed by atoms with van der Waals surface area (Å²) < 4.78 is 15.6. The van der Waals surface area contributed by atoms with Gasteiger partial charge in [-0.15, -0.1) is 0 Å².